The van der Waals surface area contributed by atoms with Crippen molar-refractivity contribution in [3.8, 4) is 0 Å². The third-order valence-corrected chi connectivity index (χ3v) is 3.14. The van der Waals surface area contributed by atoms with Crippen LogP contribution < -0.4 is 5.32 Å². The predicted molar refractivity (Wildman–Crippen MR) is 62.0 cm³/mol. The second-order valence-corrected chi connectivity index (χ2v) is 4.32. The fourth-order valence-corrected chi connectivity index (χ4v) is 1.88. The first-order chi connectivity index (χ1) is 8.08. The maximum absolute atomic E-state index is 12.7. The molecule has 1 aliphatic rings. The largest absolute Gasteiger partial charge is 0.325 e. The Hall–Kier alpha value is -1.71. The lowest BCUT2D eigenvalue weighted by atomic mass is 9.98. The topological polar surface area (TPSA) is 46.2 Å². The molecule has 1 N–H and O–H groups in total. The second-order valence-electron chi connectivity index (χ2n) is 4.32. The minimum atomic E-state index is -0.816. The summed E-state index contributed by atoms with van der Waals surface area (Å²) in [5.74, 6) is -0.637. The summed E-state index contributed by atoms with van der Waals surface area (Å²) in [7, 11) is 0. The maximum atomic E-state index is 12.7. The molecule has 0 radical (unpaired) electrons. The molecule has 0 bridgehead atoms. The number of rotatable bonds is 4. The van der Waals surface area contributed by atoms with Gasteiger partial charge in [0.2, 0.25) is 5.91 Å². The molecule has 90 valence electrons. The van der Waals surface area contributed by atoms with Gasteiger partial charge in [-0.15, -0.1) is 0 Å². The van der Waals surface area contributed by atoms with Crippen molar-refractivity contribution in [3.05, 3.63) is 30.1 Å². The van der Waals surface area contributed by atoms with Crippen LogP contribution in [-0.2, 0) is 9.59 Å². The van der Waals surface area contributed by atoms with Gasteiger partial charge >= 0.3 is 0 Å². The summed E-state index contributed by atoms with van der Waals surface area (Å²) >= 11 is 0. The van der Waals surface area contributed by atoms with Crippen molar-refractivity contribution in [2.75, 3.05) is 5.32 Å². The van der Waals surface area contributed by atoms with E-state index in [1.807, 2.05) is 0 Å². The number of Topliss-reactive ketones (excluding diaryl/α,β-unsaturated/α-hetero) is 1. The van der Waals surface area contributed by atoms with E-state index in [0.717, 1.165) is 0 Å². The van der Waals surface area contributed by atoms with Crippen LogP contribution in [0.3, 0.4) is 0 Å². The first kappa shape index (κ1) is 11.8. The first-order valence-corrected chi connectivity index (χ1v) is 5.69. The van der Waals surface area contributed by atoms with Crippen molar-refractivity contribution >= 4 is 17.4 Å². The summed E-state index contributed by atoms with van der Waals surface area (Å²) in [6, 6.07) is 5.52. The Balaban J connectivity index is 2.07. The van der Waals surface area contributed by atoms with Gasteiger partial charge in [-0.1, -0.05) is 6.92 Å². The number of benzene rings is 1. The van der Waals surface area contributed by atoms with Crippen molar-refractivity contribution < 1.29 is 14.0 Å². The zero-order valence-electron chi connectivity index (χ0n) is 9.63. The Morgan fingerprint density at radius 1 is 1.29 bits per heavy atom. The molecule has 4 heteroatoms. The number of carbonyl (C=O) groups is 2. The Morgan fingerprint density at radius 3 is 2.35 bits per heavy atom. The number of hydrogen-bond donors (Lipinski definition) is 1. The van der Waals surface area contributed by atoms with E-state index >= 15 is 0 Å². The minimum Gasteiger partial charge on any atom is -0.325 e. The van der Waals surface area contributed by atoms with E-state index in [1.54, 1.807) is 6.92 Å². The van der Waals surface area contributed by atoms with Gasteiger partial charge in [-0.25, -0.2) is 4.39 Å². The van der Waals surface area contributed by atoms with E-state index in [1.165, 1.54) is 24.3 Å². The zero-order valence-corrected chi connectivity index (χ0v) is 9.63. The molecule has 1 aliphatic carbocycles. The highest BCUT2D eigenvalue weighted by molar-refractivity contribution is 6.13. The Kier molecular flexibility index (Phi) is 2.96. The normalized spacial score (nSPS) is 16.4. The van der Waals surface area contributed by atoms with Crippen LogP contribution in [-0.4, -0.2) is 11.7 Å². The highest BCUT2D eigenvalue weighted by atomic mass is 19.1. The molecule has 1 fully saturated rings. The Labute approximate surface area is 99.0 Å². The van der Waals surface area contributed by atoms with Crippen LogP contribution in [0.1, 0.15) is 26.2 Å². The molecule has 0 atom stereocenters. The lowest BCUT2D eigenvalue weighted by molar-refractivity contribution is -0.132. The molecular weight excluding hydrogens is 221 g/mol. The van der Waals surface area contributed by atoms with Gasteiger partial charge in [0, 0.05) is 12.1 Å². The van der Waals surface area contributed by atoms with Gasteiger partial charge in [0.05, 0.1) is 0 Å². The van der Waals surface area contributed by atoms with E-state index in [9.17, 15) is 14.0 Å². The van der Waals surface area contributed by atoms with Crippen molar-refractivity contribution in [1.29, 1.82) is 0 Å². The van der Waals surface area contributed by atoms with Crippen LogP contribution in [0.4, 0.5) is 10.1 Å². The van der Waals surface area contributed by atoms with E-state index in [2.05, 4.69) is 5.32 Å². The molecule has 0 aromatic heterocycles. The monoisotopic (exact) mass is 235 g/mol. The van der Waals surface area contributed by atoms with Crippen LogP contribution in [0.2, 0.25) is 0 Å². The number of anilines is 1. The van der Waals surface area contributed by atoms with Gasteiger partial charge in [-0.05, 0) is 37.1 Å². The minimum absolute atomic E-state index is 0.0166. The molecule has 0 heterocycles. The number of hydrogen-bond acceptors (Lipinski definition) is 2. The molecule has 3 nitrogen and oxygen atoms in total. The summed E-state index contributed by atoms with van der Waals surface area (Å²) in [5, 5.41) is 2.66. The van der Waals surface area contributed by atoms with Gasteiger partial charge in [0.1, 0.15) is 17.0 Å². The van der Waals surface area contributed by atoms with Gasteiger partial charge < -0.3 is 5.32 Å². The third-order valence-electron chi connectivity index (χ3n) is 3.14. The summed E-state index contributed by atoms with van der Waals surface area (Å²) in [6.07, 6.45) is 1.61. The lowest BCUT2D eigenvalue weighted by Gasteiger charge is -2.13. The van der Waals surface area contributed by atoms with Crippen LogP contribution >= 0.6 is 0 Å². The van der Waals surface area contributed by atoms with Crippen molar-refractivity contribution in [2.24, 2.45) is 5.41 Å². The average molecular weight is 235 g/mol. The zero-order chi connectivity index (χ0) is 12.5. The number of ketones is 1. The van der Waals surface area contributed by atoms with E-state index in [0.29, 0.717) is 24.9 Å². The van der Waals surface area contributed by atoms with Crippen LogP contribution in [0, 0.1) is 11.2 Å². The standard InChI is InChI=1S/C13H14FNO2/c1-2-11(16)13(7-8-13)12(17)15-10-5-3-9(14)4-6-10/h3-6H,2,7-8H2,1H3,(H,15,17). The smallest absolute Gasteiger partial charge is 0.238 e. The predicted octanol–water partition coefficient (Wildman–Crippen LogP) is 2.52. The molecule has 0 saturated heterocycles. The molecule has 1 saturated carbocycles. The van der Waals surface area contributed by atoms with Gasteiger partial charge in [0.25, 0.3) is 0 Å². The number of amides is 1. The van der Waals surface area contributed by atoms with E-state index in [4.69, 9.17) is 0 Å². The highest BCUT2D eigenvalue weighted by Crippen LogP contribution is 2.48. The summed E-state index contributed by atoms with van der Waals surface area (Å²) in [4.78, 5) is 23.6. The summed E-state index contributed by atoms with van der Waals surface area (Å²) in [6.45, 7) is 1.76. The molecule has 0 unspecified atom stereocenters. The van der Waals surface area contributed by atoms with Gasteiger partial charge in [-0.2, -0.15) is 0 Å². The number of carbonyl (C=O) groups excluding carboxylic acids is 2. The fourth-order valence-electron chi connectivity index (χ4n) is 1.88. The summed E-state index contributed by atoms with van der Waals surface area (Å²) < 4.78 is 12.7. The van der Waals surface area contributed by atoms with E-state index < -0.39 is 5.41 Å². The van der Waals surface area contributed by atoms with Crippen molar-refractivity contribution in [3.63, 3.8) is 0 Å². The molecular formula is C13H14FNO2. The molecule has 17 heavy (non-hydrogen) atoms. The summed E-state index contributed by atoms with van der Waals surface area (Å²) in [5.41, 5.74) is -0.296. The SMILES string of the molecule is CCC(=O)C1(C(=O)Nc2ccc(F)cc2)CC1. The van der Waals surface area contributed by atoms with Gasteiger partial charge in [0.15, 0.2) is 0 Å². The Morgan fingerprint density at radius 2 is 1.88 bits per heavy atom. The molecule has 1 aromatic carbocycles. The van der Waals surface area contributed by atoms with E-state index in [-0.39, 0.29) is 17.5 Å². The highest BCUT2D eigenvalue weighted by Gasteiger charge is 2.55. The molecule has 2 rings (SSSR count). The quantitative estimate of drug-likeness (QED) is 0.815. The number of nitrogens with one attached hydrogen (secondary N) is 1. The van der Waals surface area contributed by atoms with Crippen LogP contribution in [0.15, 0.2) is 24.3 Å². The second kappa shape index (κ2) is 4.28. The molecule has 1 aromatic rings. The molecule has 1 amide bonds. The van der Waals surface area contributed by atoms with Gasteiger partial charge in [-0.3, -0.25) is 9.59 Å². The molecule has 0 aliphatic heterocycles. The molecule has 0 spiro atoms. The third kappa shape index (κ3) is 2.20. The maximum Gasteiger partial charge on any atom is 0.238 e. The fraction of sp³-hybridized carbons (Fsp3) is 0.385. The van der Waals surface area contributed by atoms with Crippen molar-refractivity contribution in [2.45, 2.75) is 26.2 Å². The van der Waals surface area contributed by atoms with Crippen molar-refractivity contribution in [1.82, 2.24) is 0 Å². The lowest BCUT2D eigenvalue weighted by Crippen LogP contribution is -2.31. The number of halogens is 1. The average Bonchev–Trinajstić information content (AvgIpc) is 3.12. The first-order valence-electron chi connectivity index (χ1n) is 5.69. The van der Waals surface area contributed by atoms with Crippen LogP contribution in [0.5, 0.6) is 0 Å². The Bertz CT molecular complexity index is 449. The van der Waals surface area contributed by atoms with Crippen LogP contribution in [0.25, 0.3) is 0 Å².